The van der Waals surface area contributed by atoms with Gasteiger partial charge in [-0.15, -0.1) is 0 Å². The fraction of sp³-hybridized carbons (Fsp3) is 0.435. The van der Waals surface area contributed by atoms with Gasteiger partial charge in [-0.05, 0) is 23.8 Å². The largest absolute Gasteiger partial charge is 1.00 e. The third kappa shape index (κ3) is 4.54. The molecule has 2 N–H and O–H groups in total. The summed E-state index contributed by atoms with van der Waals surface area (Å²) in [6.45, 7) is 0.771. The molecule has 0 aromatic heterocycles. The molecule has 3 rings (SSSR count). The van der Waals surface area contributed by atoms with Crippen LogP contribution in [0.2, 0.25) is 0 Å². The summed E-state index contributed by atoms with van der Waals surface area (Å²) < 4.78 is 22.1. The monoisotopic (exact) mass is 559 g/mol. The second-order valence-electron chi connectivity index (χ2n) is 8.16. The maximum Gasteiger partial charge on any atom is 0.203 e. The molecule has 1 atom stereocenters. The number of nitrogens with zero attached hydrogens (tertiary/aromatic N) is 1. The van der Waals surface area contributed by atoms with E-state index < -0.39 is 0 Å². The van der Waals surface area contributed by atoms with Crippen LogP contribution in [0.4, 0.5) is 0 Å². The van der Waals surface area contributed by atoms with Gasteiger partial charge in [-0.25, -0.2) is 0 Å². The lowest BCUT2D eigenvalue weighted by Gasteiger charge is -2.43. The molecule has 0 amide bonds. The number of carbonyl (C=O) groups is 1. The molecule has 176 valence electrons. The summed E-state index contributed by atoms with van der Waals surface area (Å²) in [5, 5.41) is 20.5. The van der Waals surface area contributed by atoms with Gasteiger partial charge >= 0.3 is 0 Å². The molecule has 1 heterocycles. The van der Waals surface area contributed by atoms with Crippen LogP contribution in [-0.2, 0) is 6.42 Å². The van der Waals surface area contributed by atoms with E-state index in [0.29, 0.717) is 33.7 Å². The topological polar surface area (TPSA) is 94.5 Å². The number of benzene rings is 2. The molecule has 32 heavy (non-hydrogen) atoms. The van der Waals surface area contributed by atoms with E-state index in [-0.39, 0.29) is 59.5 Å². The minimum atomic E-state index is -0.312. The van der Waals surface area contributed by atoms with Gasteiger partial charge in [0, 0.05) is 12.0 Å². The van der Waals surface area contributed by atoms with Gasteiger partial charge in [-0.1, -0.05) is 0 Å². The summed E-state index contributed by atoms with van der Waals surface area (Å²) in [7, 11) is 10.0. The highest BCUT2D eigenvalue weighted by Crippen LogP contribution is 2.49. The third-order valence-electron chi connectivity index (χ3n) is 6.06. The molecule has 1 aliphatic rings. The first-order valence-corrected chi connectivity index (χ1v) is 9.96. The minimum absolute atomic E-state index is 0. The van der Waals surface area contributed by atoms with Gasteiger partial charge < -0.3 is 57.6 Å². The Morgan fingerprint density at radius 3 is 2.03 bits per heavy atom. The zero-order valence-electron chi connectivity index (χ0n) is 19.2. The fourth-order valence-electron chi connectivity index (χ4n) is 4.28. The Morgan fingerprint density at radius 1 is 0.969 bits per heavy atom. The van der Waals surface area contributed by atoms with Crippen LogP contribution in [0.5, 0.6) is 34.5 Å². The number of methoxy groups -OCH3 is 4. The Labute approximate surface area is 205 Å². The van der Waals surface area contributed by atoms with Gasteiger partial charge in [0.05, 0.1) is 61.1 Å². The van der Waals surface area contributed by atoms with Gasteiger partial charge in [-0.3, -0.25) is 4.79 Å². The van der Waals surface area contributed by atoms with E-state index in [1.165, 1.54) is 28.4 Å². The second kappa shape index (κ2) is 10.0. The summed E-state index contributed by atoms with van der Waals surface area (Å²) in [6, 6.07) is 4.55. The van der Waals surface area contributed by atoms with Crippen molar-refractivity contribution in [1.29, 1.82) is 0 Å². The van der Waals surface area contributed by atoms with E-state index in [9.17, 15) is 15.0 Å². The molecule has 0 radical (unpaired) electrons. The fourth-order valence-corrected chi connectivity index (χ4v) is 4.28. The third-order valence-corrected chi connectivity index (χ3v) is 6.06. The number of fused-ring (bicyclic) bond motifs is 1. The predicted molar refractivity (Wildman–Crippen MR) is 115 cm³/mol. The van der Waals surface area contributed by atoms with Crippen molar-refractivity contribution >= 4 is 5.78 Å². The Morgan fingerprint density at radius 2 is 1.53 bits per heavy atom. The first kappa shape index (κ1) is 25.9. The Hall–Kier alpha value is -2.40. The lowest BCUT2D eigenvalue weighted by Crippen LogP contribution is -3.00. The molecule has 0 saturated carbocycles. The van der Waals surface area contributed by atoms with Gasteiger partial charge in [0.15, 0.2) is 28.8 Å². The van der Waals surface area contributed by atoms with E-state index in [4.69, 9.17) is 18.9 Å². The Balaban J connectivity index is 0.00000363. The number of likely N-dealkylation sites (N-methyl/N-ethyl adjacent to an activating group) is 1. The normalized spacial score (nSPS) is 16.4. The van der Waals surface area contributed by atoms with Gasteiger partial charge in [0.1, 0.15) is 6.04 Å². The van der Waals surface area contributed by atoms with Crippen molar-refractivity contribution in [3.63, 3.8) is 0 Å². The maximum atomic E-state index is 13.4. The van der Waals surface area contributed by atoms with Crippen molar-refractivity contribution < 1.29 is 62.4 Å². The molecule has 0 spiro atoms. The lowest BCUT2D eigenvalue weighted by molar-refractivity contribution is -0.922. The number of halogens is 1. The molecular weight excluding hydrogens is 529 g/mol. The van der Waals surface area contributed by atoms with Crippen molar-refractivity contribution in [3.05, 3.63) is 34.9 Å². The number of carbonyl (C=O) groups excluding carboxylic acids is 1. The maximum absolute atomic E-state index is 13.4. The smallest absolute Gasteiger partial charge is 0.203 e. The summed E-state index contributed by atoms with van der Waals surface area (Å²) in [6.07, 6.45) is 0.862. The first-order chi connectivity index (χ1) is 14.7. The summed E-state index contributed by atoms with van der Waals surface area (Å²) >= 11 is 0. The standard InChI is InChI=1S/C23H29NO7.HI/c1-24(2)8-7-13-9-17(26)21(27)23(31-6)20(13)15(24)12-16(25)14-10-18(28-3)22(30-5)19(11-14)29-4;/h9-11,15H,7-8,12H2,1-6H3,(H-,26,27);1H. The van der Waals surface area contributed by atoms with E-state index >= 15 is 0 Å². The van der Waals surface area contributed by atoms with Crippen LogP contribution in [0, 0.1) is 0 Å². The van der Waals surface area contributed by atoms with Crippen molar-refractivity contribution in [1.82, 2.24) is 0 Å². The first-order valence-electron chi connectivity index (χ1n) is 9.96. The molecule has 2 aromatic carbocycles. The van der Waals surface area contributed by atoms with Crippen LogP contribution in [0.25, 0.3) is 0 Å². The van der Waals surface area contributed by atoms with E-state index in [1.807, 2.05) is 14.1 Å². The van der Waals surface area contributed by atoms with Crippen molar-refractivity contribution in [2.24, 2.45) is 0 Å². The number of aromatic hydroxyl groups is 2. The molecule has 0 fully saturated rings. The average molecular weight is 559 g/mol. The number of phenolic OH excluding ortho intramolecular Hbond substituents is 2. The van der Waals surface area contributed by atoms with Crippen molar-refractivity contribution in [2.45, 2.75) is 18.9 Å². The van der Waals surface area contributed by atoms with Gasteiger partial charge in [0.25, 0.3) is 0 Å². The Bertz CT molecular complexity index is 981. The van der Waals surface area contributed by atoms with Gasteiger partial charge in [0.2, 0.25) is 11.5 Å². The second-order valence-corrected chi connectivity index (χ2v) is 8.16. The molecule has 0 saturated heterocycles. The highest BCUT2D eigenvalue weighted by atomic mass is 127. The molecule has 2 aromatic rings. The molecule has 9 heteroatoms. The molecular formula is C23H30INO7. The lowest BCUT2D eigenvalue weighted by atomic mass is 9.86. The summed E-state index contributed by atoms with van der Waals surface area (Å²) in [5.41, 5.74) is 2.05. The summed E-state index contributed by atoms with van der Waals surface area (Å²) in [5.74, 6) is 0.793. The zero-order chi connectivity index (χ0) is 22.9. The van der Waals surface area contributed by atoms with E-state index in [1.54, 1.807) is 18.2 Å². The minimum Gasteiger partial charge on any atom is -1.00 e. The SMILES string of the molecule is COc1cc(C(=O)CC2c3c(cc(O)c(O)c3OC)CC[N+]2(C)C)cc(OC)c1OC.[I-]. The van der Waals surface area contributed by atoms with Crippen LogP contribution in [0.3, 0.4) is 0 Å². The van der Waals surface area contributed by atoms with Crippen LogP contribution in [0.1, 0.15) is 33.9 Å². The van der Waals surface area contributed by atoms with Crippen molar-refractivity contribution in [2.75, 3.05) is 49.1 Å². The van der Waals surface area contributed by atoms with Crippen LogP contribution >= 0.6 is 0 Å². The van der Waals surface area contributed by atoms with Crippen molar-refractivity contribution in [3.8, 4) is 34.5 Å². The highest BCUT2D eigenvalue weighted by molar-refractivity contribution is 5.98. The average Bonchev–Trinajstić information content (AvgIpc) is 2.75. The van der Waals surface area contributed by atoms with Gasteiger partial charge in [-0.2, -0.15) is 0 Å². The Kier molecular flexibility index (Phi) is 8.11. The molecule has 0 bridgehead atoms. The quantitative estimate of drug-likeness (QED) is 0.215. The number of hydrogen-bond donors (Lipinski definition) is 2. The molecule has 0 aliphatic carbocycles. The van der Waals surface area contributed by atoms with Crippen LogP contribution in [0.15, 0.2) is 18.2 Å². The number of ether oxygens (including phenoxy) is 4. The number of ketones is 1. The van der Waals surface area contributed by atoms with E-state index in [0.717, 1.165) is 17.7 Å². The predicted octanol–water partition coefficient (Wildman–Crippen LogP) is 0.0828. The number of Topliss-reactive ketones (excluding diaryl/α,β-unsaturated/α-hetero) is 1. The summed E-state index contributed by atoms with van der Waals surface area (Å²) in [4.78, 5) is 13.4. The number of phenols is 2. The molecule has 1 unspecified atom stereocenters. The van der Waals surface area contributed by atoms with Crippen LogP contribution < -0.4 is 42.9 Å². The van der Waals surface area contributed by atoms with E-state index in [2.05, 4.69) is 0 Å². The number of quaternary nitrogens is 1. The molecule has 1 aliphatic heterocycles. The number of rotatable bonds is 7. The highest BCUT2D eigenvalue weighted by Gasteiger charge is 2.41. The number of hydrogen-bond acceptors (Lipinski definition) is 7. The molecule has 8 nitrogen and oxygen atoms in total. The van der Waals surface area contributed by atoms with Crippen LogP contribution in [-0.4, -0.2) is 69.6 Å². The zero-order valence-corrected chi connectivity index (χ0v) is 21.3.